The zero-order valence-electron chi connectivity index (χ0n) is 24.4. The first-order chi connectivity index (χ1) is 21.4. The van der Waals surface area contributed by atoms with Gasteiger partial charge in [0.05, 0.1) is 23.4 Å². The molecule has 1 unspecified atom stereocenters. The topological polar surface area (TPSA) is 96.7 Å². The van der Waals surface area contributed by atoms with Crippen LogP contribution in [0.5, 0.6) is 23.0 Å². The van der Waals surface area contributed by atoms with Gasteiger partial charge < -0.3 is 29.9 Å². The number of aromatic hydroxyl groups is 3. The maximum atomic E-state index is 13.1. The summed E-state index contributed by atoms with van der Waals surface area (Å²) in [5, 5.41) is 31.5. The summed E-state index contributed by atoms with van der Waals surface area (Å²) in [4.78, 5) is 22.8. The Morgan fingerprint density at radius 3 is 2.11 bits per heavy atom. The van der Waals surface area contributed by atoms with Gasteiger partial charge in [0.2, 0.25) is 0 Å². The molecule has 0 amide bonds. The average molecular weight is 610 g/mol. The minimum Gasteiger partial charge on any atom is -0.508 e. The number of benzene rings is 4. The Bertz CT molecular complexity index is 1640. The number of para-hydroxylation sites is 2. The van der Waals surface area contributed by atoms with Gasteiger partial charge in [0, 0.05) is 55.1 Å². The number of rotatable bonds is 7. The summed E-state index contributed by atoms with van der Waals surface area (Å²) in [6.07, 6.45) is 0.556. The second-order valence-corrected chi connectivity index (χ2v) is 12.7. The van der Waals surface area contributed by atoms with E-state index >= 15 is 0 Å². The molecule has 0 aliphatic carbocycles. The lowest BCUT2D eigenvalue weighted by atomic mass is 9.93. The van der Waals surface area contributed by atoms with Crippen LogP contribution < -0.4 is 9.64 Å². The number of Topliss-reactive ketones (excluding diaryl/α,β-unsaturated/α-hetero) is 1. The van der Waals surface area contributed by atoms with Crippen molar-refractivity contribution in [3.05, 3.63) is 95.6 Å². The second-order valence-electron chi connectivity index (χ2n) is 11.6. The Morgan fingerprint density at radius 1 is 0.795 bits per heavy atom. The van der Waals surface area contributed by atoms with Crippen molar-refractivity contribution >= 4 is 28.9 Å². The van der Waals surface area contributed by atoms with Crippen LogP contribution >= 0.6 is 11.8 Å². The molecule has 3 aliphatic rings. The number of anilines is 2. The van der Waals surface area contributed by atoms with Crippen LogP contribution in [0.1, 0.15) is 40.4 Å². The molecule has 3 heterocycles. The van der Waals surface area contributed by atoms with Crippen molar-refractivity contribution in [3.8, 4) is 23.0 Å². The molecule has 1 fully saturated rings. The number of piperazine rings is 1. The molecule has 3 aliphatic heterocycles. The molecule has 7 rings (SSSR count). The number of hydrogen-bond donors (Lipinski definition) is 3. The van der Waals surface area contributed by atoms with E-state index in [2.05, 4.69) is 63.2 Å². The van der Waals surface area contributed by atoms with Crippen LogP contribution in [-0.2, 0) is 6.54 Å². The number of nitrogens with zero attached hydrogens (tertiary/aromatic N) is 3. The van der Waals surface area contributed by atoms with Crippen molar-refractivity contribution < 1.29 is 24.9 Å². The molecule has 1 atom stereocenters. The average Bonchev–Trinajstić information content (AvgIpc) is 3.03. The largest absolute Gasteiger partial charge is 0.508 e. The van der Waals surface area contributed by atoms with E-state index < -0.39 is 6.10 Å². The molecule has 1 saturated heterocycles. The zero-order valence-corrected chi connectivity index (χ0v) is 25.2. The summed E-state index contributed by atoms with van der Waals surface area (Å²) in [5.74, 6) is -0.197. The number of phenols is 3. The van der Waals surface area contributed by atoms with Crippen LogP contribution in [0.15, 0.2) is 88.7 Å². The number of phenolic OH excluding ortho intramolecular Hbond substituents is 3. The summed E-state index contributed by atoms with van der Waals surface area (Å²) >= 11 is 1.83. The van der Waals surface area contributed by atoms with E-state index in [0.717, 1.165) is 51.3 Å². The molecule has 0 spiro atoms. The lowest BCUT2D eigenvalue weighted by molar-refractivity contribution is 0.0843. The molecule has 8 nitrogen and oxygen atoms in total. The molecule has 3 N–H and O–H groups in total. The van der Waals surface area contributed by atoms with E-state index in [1.807, 2.05) is 11.8 Å². The highest BCUT2D eigenvalue weighted by molar-refractivity contribution is 7.99. The molecule has 0 saturated carbocycles. The van der Waals surface area contributed by atoms with Crippen LogP contribution in [0.4, 0.5) is 11.4 Å². The predicted octanol–water partition coefficient (Wildman–Crippen LogP) is 6.32. The van der Waals surface area contributed by atoms with Gasteiger partial charge in [0.25, 0.3) is 0 Å². The normalized spacial score (nSPS) is 18.3. The zero-order chi connectivity index (χ0) is 30.2. The van der Waals surface area contributed by atoms with Gasteiger partial charge >= 0.3 is 0 Å². The highest BCUT2D eigenvalue weighted by atomic mass is 32.2. The first-order valence-corrected chi connectivity index (χ1v) is 15.9. The summed E-state index contributed by atoms with van der Waals surface area (Å²) in [7, 11) is 0. The third-order valence-corrected chi connectivity index (χ3v) is 9.89. The minimum absolute atomic E-state index is 0.0711. The molecule has 4 aromatic carbocycles. The fraction of sp³-hybridized carbons (Fsp3) is 0.286. The number of carbonyl (C=O) groups is 1. The Morgan fingerprint density at radius 2 is 1.43 bits per heavy atom. The maximum Gasteiger partial charge on any atom is 0.174 e. The molecule has 0 radical (unpaired) electrons. The van der Waals surface area contributed by atoms with Gasteiger partial charge in [-0.2, -0.15) is 0 Å². The lowest BCUT2D eigenvalue weighted by Gasteiger charge is -2.36. The van der Waals surface area contributed by atoms with Gasteiger partial charge in [0.15, 0.2) is 5.78 Å². The molecular formula is C35H35N3O5S. The van der Waals surface area contributed by atoms with Gasteiger partial charge in [-0.1, -0.05) is 48.2 Å². The van der Waals surface area contributed by atoms with Crippen molar-refractivity contribution in [1.29, 1.82) is 0 Å². The molecule has 0 aromatic heterocycles. The van der Waals surface area contributed by atoms with Crippen LogP contribution in [0, 0.1) is 0 Å². The SMILES string of the molecule is O=C1CC(c2ccc(O)cc2)Oc2cc(O)c(CN3CCN(CCCN4c5ccccc5Sc5ccccc54)CC3)c(O)c21. The maximum absolute atomic E-state index is 13.1. The number of ketones is 1. The summed E-state index contributed by atoms with van der Waals surface area (Å²) in [6, 6.07) is 25.1. The Kier molecular flexibility index (Phi) is 7.84. The Labute approximate surface area is 261 Å². The Balaban J connectivity index is 0.957. The number of carbonyl (C=O) groups excluding carboxylic acids is 1. The number of ether oxygens (including phenoxy) is 1. The minimum atomic E-state index is -0.549. The van der Waals surface area contributed by atoms with Crippen molar-refractivity contribution in [3.63, 3.8) is 0 Å². The molecular weight excluding hydrogens is 574 g/mol. The lowest BCUT2D eigenvalue weighted by Crippen LogP contribution is -2.46. The first kappa shape index (κ1) is 28.6. The summed E-state index contributed by atoms with van der Waals surface area (Å²) < 4.78 is 6.02. The monoisotopic (exact) mass is 609 g/mol. The molecule has 4 aromatic rings. The van der Waals surface area contributed by atoms with Crippen LogP contribution in [-0.4, -0.2) is 70.2 Å². The second kappa shape index (κ2) is 12.1. The van der Waals surface area contributed by atoms with Gasteiger partial charge in [-0.15, -0.1) is 0 Å². The van der Waals surface area contributed by atoms with Gasteiger partial charge in [-0.3, -0.25) is 9.69 Å². The van der Waals surface area contributed by atoms with Crippen molar-refractivity contribution in [2.75, 3.05) is 44.2 Å². The molecule has 0 bridgehead atoms. The van der Waals surface area contributed by atoms with E-state index in [0.29, 0.717) is 12.1 Å². The fourth-order valence-electron chi connectivity index (χ4n) is 6.40. The molecule has 226 valence electrons. The van der Waals surface area contributed by atoms with Crippen molar-refractivity contribution in [2.45, 2.75) is 35.3 Å². The fourth-order valence-corrected chi connectivity index (χ4v) is 7.50. The van der Waals surface area contributed by atoms with Gasteiger partial charge in [-0.05, 0) is 54.9 Å². The van der Waals surface area contributed by atoms with Gasteiger partial charge in [-0.25, -0.2) is 0 Å². The highest BCUT2D eigenvalue weighted by Gasteiger charge is 2.33. The first-order valence-electron chi connectivity index (χ1n) is 15.1. The smallest absolute Gasteiger partial charge is 0.174 e. The molecule has 9 heteroatoms. The third-order valence-electron chi connectivity index (χ3n) is 8.76. The van der Waals surface area contributed by atoms with E-state index in [4.69, 9.17) is 4.74 Å². The van der Waals surface area contributed by atoms with Crippen molar-refractivity contribution in [1.82, 2.24) is 9.80 Å². The van der Waals surface area contributed by atoms with E-state index in [1.165, 1.54) is 27.2 Å². The van der Waals surface area contributed by atoms with Crippen molar-refractivity contribution in [2.24, 2.45) is 0 Å². The van der Waals surface area contributed by atoms with E-state index in [-0.39, 0.29) is 40.8 Å². The van der Waals surface area contributed by atoms with E-state index in [1.54, 1.807) is 24.3 Å². The van der Waals surface area contributed by atoms with Crippen LogP contribution in [0.25, 0.3) is 0 Å². The molecule has 44 heavy (non-hydrogen) atoms. The summed E-state index contributed by atoms with van der Waals surface area (Å²) in [6.45, 7) is 5.68. The number of fused-ring (bicyclic) bond motifs is 3. The van der Waals surface area contributed by atoms with E-state index in [9.17, 15) is 20.1 Å². The van der Waals surface area contributed by atoms with Crippen LogP contribution in [0.2, 0.25) is 0 Å². The van der Waals surface area contributed by atoms with Crippen LogP contribution in [0.3, 0.4) is 0 Å². The quantitative estimate of drug-likeness (QED) is 0.222. The third kappa shape index (κ3) is 5.58. The number of hydrogen-bond acceptors (Lipinski definition) is 9. The summed E-state index contributed by atoms with van der Waals surface area (Å²) in [5.41, 5.74) is 3.77. The Hall–Kier alpha value is -4.18. The predicted molar refractivity (Wildman–Crippen MR) is 171 cm³/mol. The van der Waals surface area contributed by atoms with Gasteiger partial charge in [0.1, 0.15) is 34.7 Å². The standard InChI is InChI=1S/C35H35N3O5S/c39-24-12-10-23(11-13-24)30-21-29(41)34-31(43-30)20-28(40)25(35(34)42)22-37-18-16-36(17-19-37)14-5-15-38-26-6-1-3-8-32(26)44-33-9-4-2-7-27(33)38/h1-4,6-13,20,30,39-40,42H,5,14-19,21-22H2. The highest BCUT2D eigenvalue weighted by Crippen LogP contribution is 2.48.